The maximum Gasteiger partial charge on any atom is 0.161 e. The van der Waals surface area contributed by atoms with Crippen LogP contribution in [0.3, 0.4) is 0 Å². The van der Waals surface area contributed by atoms with E-state index < -0.39 is 0 Å². The molecule has 6 nitrogen and oxygen atoms in total. The molecular formula is C25H24FN5O. The van der Waals surface area contributed by atoms with Crippen molar-refractivity contribution in [2.75, 3.05) is 25.6 Å². The van der Waals surface area contributed by atoms with Crippen molar-refractivity contribution in [3.05, 3.63) is 72.7 Å². The van der Waals surface area contributed by atoms with Crippen LogP contribution in [0.15, 0.2) is 66.9 Å². The molecule has 0 saturated heterocycles. The highest BCUT2D eigenvalue weighted by molar-refractivity contribution is 5.92. The molecule has 1 unspecified atom stereocenters. The van der Waals surface area contributed by atoms with Crippen LogP contribution in [0.4, 0.5) is 10.1 Å². The molecule has 0 amide bonds. The lowest BCUT2D eigenvalue weighted by atomic mass is 9.96. The molecule has 0 aliphatic heterocycles. The summed E-state index contributed by atoms with van der Waals surface area (Å²) in [6.45, 7) is 3.19. The first-order valence-electron chi connectivity index (χ1n) is 10.7. The number of allylic oxidation sites excluding steroid dienone is 4. The average molecular weight is 429 g/mol. The van der Waals surface area contributed by atoms with Crippen molar-refractivity contribution >= 4 is 33.1 Å². The lowest BCUT2D eigenvalue weighted by Crippen LogP contribution is -2.09. The molecule has 0 fully saturated rings. The molecule has 3 aromatic heterocycles. The molecule has 3 heterocycles. The van der Waals surface area contributed by atoms with E-state index >= 15 is 0 Å². The van der Waals surface area contributed by atoms with E-state index in [1.165, 1.54) is 0 Å². The number of nitrogens with one attached hydrogen (secondary N) is 1. The number of nitrogens with zero attached hydrogens (tertiary/aromatic N) is 4. The van der Waals surface area contributed by atoms with Crippen molar-refractivity contribution in [3.8, 4) is 5.82 Å². The Bertz CT molecular complexity index is 1360. The first-order chi connectivity index (χ1) is 15.6. The first kappa shape index (κ1) is 20.3. The van der Waals surface area contributed by atoms with E-state index in [2.05, 4.69) is 10.3 Å². The number of rotatable bonds is 6. The highest BCUT2D eigenvalue weighted by atomic mass is 19.1. The fourth-order valence-corrected chi connectivity index (χ4v) is 3.92. The third kappa shape index (κ3) is 3.76. The molecule has 1 aliphatic rings. The summed E-state index contributed by atoms with van der Waals surface area (Å²) in [5, 5.41) is 5.29. The Balaban J connectivity index is 1.69. The second-order valence-electron chi connectivity index (χ2n) is 7.97. The van der Waals surface area contributed by atoms with Gasteiger partial charge in [0.05, 0.1) is 17.6 Å². The van der Waals surface area contributed by atoms with E-state index in [1.807, 2.05) is 60.3 Å². The molecule has 0 spiro atoms. The minimum atomic E-state index is -0.136. The molecule has 1 aromatic carbocycles. The number of fused-ring (bicyclic) bond motifs is 2. The monoisotopic (exact) mass is 429 g/mol. The number of aromatic nitrogens is 4. The van der Waals surface area contributed by atoms with E-state index in [0.717, 1.165) is 33.3 Å². The Kier molecular flexibility index (Phi) is 5.41. The Labute approximate surface area is 185 Å². The summed E-state index contributed by atoms with van der Waals surface area (Å²) in [4.78, 5) is 13.9. The van der Waals surface area contributed by atoms with Gasteiger partial charge >= 0.3 is 0 Å². The van der Waals surface area contributed by atoms with Crippen molar-refractivity contribution in [3.63, 3.8) is 0 Å². The SMILES string of the molecule is COCCNc1ccc2nc(C3=CCC(C)C(F)=C3)nc(-n3ccc4cnccc43)c2c1. The van der Waals surface area contributed by atoms with E-state index in [-0.39, 0.29) is 11.7 Å². The largest absolute Gasteiger partial charge is 0.383 e. The maximum absolute atomic E-state index is 14.3. The van der Waals surface area contributed by atoms with E-state index in [9.17, 15) is 4.39 Å². The van der Waals surface area contributed by atoms with Crippen LogP contribution in [0.25, 0.3) is 33.2 Å². The molecule has 0 radical (unpaired) electrons. The topological polar surface area (TPSA) is 64.9 Å². The smallest absolute Gasteiger partial charge is 0.161 e. The lowest BCUT2D eigenvalue weighted by molar-refractivity contribution is 0.211. The molecule has 7 heteroatoms. The molecule has 1 aliphatic carbocycles. The third-order valence-electron chi connectivity index (χ3n) is 5.74. The van der Waals surface area contributed by atoms with Crippen LogP contribution in [0.2, 0.25) is 0 Å². The molecule has 5 rings (SSSR count). The summed E-state index contributed by atoms with van der Waals surface area (Å²) in [5.74, 6) is 1.02. The van der Waals surface area contributed by atoms with Crippen LogP contribution in [-0.2, 0) is 4.74 Å². The van der Waals surface area contributed by atoms with Crippen molar-refractivity contribution in [2.45, 2.75) is 13.3 Å². The Morgan fingerprint density at radius 3 is 2.97 bits per heavy atom. The third-order valence-corrected chi connectivity index (χ3v) is 5.74. The zero-order chi connectivity index (χ0) is 22.1. The molecule has 0 saturated carbocycles. The van der Waals surface area contributed by atoms with Gasteiger partial charge in [0.25, 0.3) is 0 Å². The van der Waals surface area contributed by atoms with Crippen LogP contribution in [0, 0.1) is 5.92 Å². The Morgan fingerprint density at radius 1 is 1.22 bits per heavy atom. The van der Waals surface area contributed by atoms with Crippen molar-refractivity contribution in [1.29, 1.82) is 0 Å². The second kappa shape index (κ2) is 8.51. The zero-order valence-electron chi connectivity index (χ0n) is 18.0. The fraction of sp³-hybridized carbons (Fsp3) is 0.240. The number of benzene rings is 1. The predicted octanol–water partition coefficient (Wildman–Crippen LogP) is 5.30. The fourth-order valence-electron chi connectivity index (χ4n) is 3.92. The summed E-state index contributed by atoms with van der Waals surface area (Å²) in [5.41, 5.74) is 3.47. The quantitative estimate of drug-likeness (QED) is 0.421. The van der Waals surface area contributed by atoms with Gasteiger partial charge in [-0.1, -0.05) is 13.0 Å². The van der Waals surface area contributed by atoms with Gasteiger partial charge < -0.3 is 14.6 Å². The molecular weight excluding hydrogens is 405 g/mol. The summed E-state index contributed by atoms with van der Waals surface area (Å²) >= 11 is 0. The predicted molar refractivity (Wildman–Crippen MR) is 125 cm³/mol. The summed E-state index contributed by atoms with van der Waals surface area (Å²) in [6.07, 6.45) is 9.78. The lowest BCUT2D eigenvalue weighted by Gasteiger charge is -2.16. The Morgan fingerprint density at radius 2 is 2.12 bits per heavy atom. The average Bonchev–Trinajstić information content (AvgIpc) is 3.24. The molecule has 1 N–H and O–H groups in total. The Hall–Kier alpha value is -3.58. The number of hydrogen-bond acceptors (Lipinski definition) is 5. The van der Waals surface area contributed by atoms with Gasteiger partial charge in [0, 0.05) is 60.2 Å². The van der Waals surface area contributed by atoms with Gasteiger partial charge in [-0.05, 0) is 42.8 Å². The maximum atomic E-state index is 14.3. The minimum absolute atomic E-state index is 0.111. The van der Waals surface area contributed by atoms with Crippen molar-refractivity contribution in [1.82, 2.24) is 19.5 Å². The van der Waals surface area contributed by atoms with Gasteiger partial charge in [-0.2, -0.15) is 0 Å². The number of anilines is 1. The number of pyridine rings is 1. The minimum Gasteiger partial charge on any atom is -0.383 e. The van der Waals surface area contributed by atoms with Gasteiger partial charge in [0.1, 0.15) is 11.6 Å². The van der Waals surface area contributed by atoms with Crippen LogP contribution in [0.1, 0.15) is 19.2 Å². The van der Waals surface area contributed by atoms with Gasteiger partial charge in [-0.25, -0.2) is 14.4 Å². The summed E-state index contributed by atoms with van der Waals surface area (Å²) in [7, 11) is 1.68. The van der Waals surface area contributed by atoms with Crippen LogP contribution in [-0.4, -0.2) is 39.8 Å². The van der Waals surface area contributed by atoms with E-state index in [1.54, 1.807) is 19.4 Å². The zero-order valence-corrected chi connectivity index (χ0v) is 18.0. The highest BCUT2D eigenvalue weighted by Crippen LogP contribution is 2.32. The van der Waals surface area contributed by atoms with Crippen LogP contribution >= 0.6 is 0 Å². The van der Waals surface area contributed by atoms with Crippen LogP contribution < -0.4 is 5.32 Å². The first-order valence-corrected chi connectivity index (χ1v) is 10.7. The molecule has 162 valence electrons. The second-order valence-corrected chi connectivity index (χ2v) is 7.97. The number of hydrogen-bond donors (Lipinski definition) is 1. The van der Waals surface area contributed by atoms with Gasteiger partial charge in [-0.3, -0.25) is 4.98 Å². The molecule has 4 aromatic rings. The van der Waals surface area contributed by atoms with Crippen LogP contribution in [0.5, 0.6) is 0 Å². The highest BCUT2D eigenvalue weighted by Gasteiger charge is 2.19. The van der Waals surface area contributed by atoms with Crippen molar-refractivity contribution < 1.29 is 9.13 Å². The number of halogens is 1. The number of methoxy groups -OCH3 is 1. The molecule has 0 bridgehead atoms. The van der Waals surface area contributed by atoms with Crippen molar-refractivity contribution in [2.24, 2.45) is 5.92 Å². The summed E-state index contributed by atoms with van der Waals surface area (Å²) in [6, 6.07) is 9.98. The normalized spacial score (nSPS) is 16.3. The standard InChI is InChI=1S/C25H24FN5O/c1-16-3-4-17(13-21(16)26)24-29-22-6-5-19(28-10-12-32-2)14-20(22)25(30-24)31-11-8-18-15-27-9-7-23(18)31/h4-9,11,13-16,28H,3,10,12H2,1-2H3. The van der Waals surface area contributed by atoms with Gasteiger partial charge in [-0.15, -0.1) is 0 Å². The van der Waals surface area contributed by atoms with E-state index in [4.69, 9.17) is 14.7 Å². The van der Waals surface area contributed by atoms with E-state index in [0.29, 0.717) is 31.0 Å². The number of ether oxygens (including phenoxy) is 1. The molecule has 1 atom stereocenters. The molecule has 32 heavy (non-hydrogen) atoms. The van der Waals surface area contributed by atoms with Gasteiger partial charge in [0.15, 0.2) is 5.82 Å². The van der Waals surface area contributed by atoms with Gasteiger partial charge in [0.2, 0.25) is 0 Å². The summed E-state index contributed by atoms with van der Waals surface area (Å²) < 4.78 is 21.5.